The molecule has 0 bridgehead atoms. The summed E-state index contributed by atoms with van der Waals surface area (Å²) in [4.78, 5) is 11.1. The van der Waals surface area contributed by atoms with Crippen LogP contribution in [0.1, 0.15) is 21.5 Å². The van der Waals surface area contributed by atoms with Crippen LogP contribution >= 0.6 is 0 Å². The van der Waals surface area contributed by atoms with E-state index in [1.165, 1.54) is 6.07 Å². The van der Waals surface area contributed by atoms with Gasteiger partial charge in [-0.3, -0.25) is 0 Å². The Morgan fingerprint density at radius 2 is 2.50 bits per heavy atom. The molecule has 0 aliphatic rings. The lowest BCUT2D eigenvalue weighted by Gasteiger charge is -2.00. The van der Waals surface area contributed by atoms with E-state index in [1.54, 1.807) is 19.1 Å². The molecule has 1 aromatic rings. The molecule has 0 spiro atoms. The molecule has 1 rings (SSSR count). The highest BCUT2D eigenvalue weighted by Gasteiger charge is 2.11. The van der Waals surface area contributed by atoms with Crippen molar-refractivity contribution in [2.45, 2.75) is 6.92 Å². The largest absolute Gasteiger partial charge is 0.478 e. The average Bonchev–Trinajstić information content (AvgIpc) is 2.16. The molecule has 0 aromatic heterocycles. The van der Waals surface area contributed by atoms with Gasteiger partial charge in [-0.25, -0.2) is 4.79 Å². The third kappa shape index (κ3) is 1.28. The second kappa shape index (κ2) is 3.05. The molecular weight excluding hydrogens is 154 g/mol. The van der Waals surface area contributed by atoms with E-state index in [9.17, 15) is 4.79 Å². The van der Waals surface area contributed by atoms with Gasteiger partial charge in [0.1, 0.15) is 6.07 Å². The molecule has 0 unspecified atom stereocenters. The SMILES string of the molecule is [3H]OC(=O)c1c(C)cccc1C#N. The first kappa shape index (κ1) is 6.86. The van der Waals surface area contributed by atoms with Crippen molar-refractivity contribution in [2.24, 2.45) is 0 Å². The van der Waals surface area contributed by atoms with Gasteiger partial charge in [-0.15, -0.1) is 0 Å². The Morgan fingerprint density at radius 3 is 3.08 bits per heavy atom. The van der Waals surface area contributed by atoms with Crippen LogP contribution in [0.3, 0.4) is 0 Å². The zero-order valence-corrected chi connectivity index (χ0v) is 6.50. The minimum absolute atomic E-state index is 0.167. The van der Waals surface area contributed by atoms with Crippen LogP contribution in [0.2, 0.25) is 0 Å². The van der Waals surface area contributed by atoms with Gasteiger partial charge in [-0.1, -0.05) is 12.1 Å². The van der Waals surface area contributed by atoms with Crippen molar-refractivity contribution in [1.82, 2.24) is 0 Å². The Hall–Kier alpha value is -1.82. The van der Waals surface area contributed by atoms with Gasteiger partial charge in [0.15, 0.2) is 0 Å². The predicted octanol–water partition coefficient (Wildman–Crippen LogP) is 1.56. The fourth-order valence-corrected chi connectivity index (χ4v) is 1.03. The van der Waals surface area contributed by atoms with Crippen LogP contribution in [0.15, 0.2) is 18.2 Å². The third-order valence-corrected chi connectivity index (χ3v) is 1.60. The van der Waals surface area contributed by atoms with E-state index >= 15 is 0 Å². The summed E-state index contributed by atoms with van der Waals surface area (Å²) in [5.41, 5.74) is 1.04. The molecule has 3 nitrogen and oxygen atoms in total. The number of benzene rings is 1. The topological polar surface area (TPSA) is 61.1 Å². The molecule has 0 aliphatic carbocycles. The van der Waals surface area contributed by atoms with Crippen molar-refractivity contribution in [1.29, 1.82) is 6.69 Å². The van der Waals surface area contributed by atoms with E-state index in [4.69, 9.17) is 6.69 Å². The van der Waals surface area contributed by atoms with Crippen LogP contribution in [0.5, 0.6) is 0 Å². The van der Waals surface area contributed by atoms with Gasteiger partial charge in [-0.05, 0) is 18.6 Å². The molecule has 1 aromatic carbocycles. The number of carboxylic acids is 1. The molecule has 0 aliphatic heterocycles. The minimum atomic E-state index is -0.797. The molecule has 60 valence electrons. The highest BCUT2D eigenvalue weighted by atomic mass is 16.4. The second-order valence-corrected chi connectivity index (χ2v) is 2.40. The van der Waals surface area contributed by atoms with Gasteiger partial charge in [0.05, 0.1) is 11.1 Å². The second-order valence-electron chi connectivity index (χ2n) is 2.40. The number of carboxylic acid groups (broad SMARTS) is 1. The monoisotopic (exact) mass is 163 g/mol. The van der Waals surface area contributed by atoms with Gasteiger partial charge >= 0.3 is 5.97 Å². The van der Waals surface area contributed by atoms with Crippen molar-refractivity contribution in [3.05, 3.63) is 34.9 Å². The van der Waals surface area contributed by atoms with Crippen molar-refractivity contribution >= 4 is 5.97 Å². The molecule has 0 atom stereocenters. The fourth-order valence-electron chi connectivity index (χ4n) is 1.03. The first-order chi connectivity index (χ1) is 6.20. The summed E-state index contributed by atoms with van der Waals surface area (Å²) in [6.45, 7) is 1.69. The number of nitrogens with zero attached hydrogens (tertiary/aromatic N) is 1. The number of hydrogen-bond donors (Lipinski definition) is 1. The van der Waals surface area contributed by atoms with Crippen LogP contribution in [0.25, 0.3) is 1.43 Å². The molecule has 0 saturated carbocycles. The van der Waals surface area contributed by atoms with Crippen molar-refractivity contribution < 1.29 is 9.90 Å². The lowest BCUT2D eigenvalue weighted by atomic mass is 10.0. The number of hydrogen-bond acceptors (Lipinski definition) is 3. The Bertz CT molecular complexity index is 382. The van der Waals surface area contributed by atoms with Crippen molar-refractivity contribution in [2.75, 3.05) is 0 Å². The Kier molecular flexibility index (Phi) is 1.75. The van der Waals surface area contributed by atoms with Gasteiger partial charge in [-0.2, -0.15) is 5.26 Å². The molecule has 0 fully saturated rings. The first-order valence-electron chi connectivity index (χ1n) is 3.78. The van der Waals surface area contributed by atoms with E-state index in [0.717, 1.165) is 0 Å². The number of nitriles is 1. The van der Waals surface area contributed by atoms with Gasteiger partial charge in [0.25, 0.3) is 1.43 Å². The molecule has 12 heavy (non-hydrogen) atoms. The molecule has 0 heterocycles. The molecular formula is C9H7NO2. The Labute approximate surface area is 71.4 Å². The Morgan fingerprint density at radius 1 is 1.75 bits per heavy atom. The normalized spacial score (nSPS) is 9.83. The van der Waals surface area contributed by atoms with Crippen molar-refractivity contribution in [3.8, 4) is 6.07 Å². The smallest absolute Gasteiger partial charge is 0.337 e. The molecule has 0 saturated heterocycles. The van der Waals surface area contributed by atoms with E-state index in [2.05, 4.69) is 5.11 Å². The van der Waals surface area contributed by atoms with E-state index in [0.29, 0.717) is 5.56 Å². The van der Waals surface area contributed by atoms with E-state index in [-0.39, 0.29) is 11.1 Å². The third-order valence-electron chi connectivity index (χ3n) is 1.60. The maximum atomic E-state index is 11.1. The number of rotatable bonds is 1. The highest BCUT2D eigenvalue weighted by Crippen LogP contribution is 2.12. The summed E-state index contributed by atoms with van der Waals surface area (Å²) < 4.78 is 6.46. The van der Waals surface area contributed by atoms with Crippen molar-refractivity contribution in [3.63, 3.8) is 0 Å². The zero-order chi connectivity index (χ0) is 9.84. The molecule has 3 heteroatoms. The lowest BCUT2D eigenvalue weighted by Crippen LogP contribution is -2.02. The Balaban J connectivity index is 3.33. The maximum absolute atomic E-state index is 11.1. The lowest BCUT2D eigenvalue weighted by molar-refractivity contribution is 0.0696. The number of aryl methyl sites for hydroxylation is 1. The van der Waals surface area contributed by atoms with Gasteiger partial charge in [0.2, 0.25) is 0 Å². The summed E-state index contributed by atoms with van der Waals surface area (Å²) in [7, 11) is 0. The van der Waals surface area contributed by atoms with E-state index < -0.39 is 5.97 Å². The molecule has 1 N–H and O–H groups in total. The standard InChI is InChI=1S/C9H7NO2/c1-6-3-2-4-7(5-10)8(6)9(11)12/h2-4H,1H3,(H,11,12)/i/hT. The van der Waals surface area contributed by atoms with Gasteiger partial charge < -0.3 is 5.11 Å². The summed E-state index contributed by atoms with van der Waals surface area (Å²) in [6, 6.07) is 6.74. The maximum Gasteiger partial charge on any atom is 0.337 e. The quantitative estimate of drug-likeness (QED) is 0.683. The molecule has 0 amide bonds. The number of aromatic carboxylic acids is 1. The minimum Gasteiger partial charge on any atom is -0.478 e. The summed E-state index contributed by atoms with van der Waals surface area (Å²) in [5.74, 6) is -0.797. The fraction of sp³-hybridized carbons (Fsp3) is 0.111. The predicted molar refractivity (Wildman–Crippen MR) is 42.9 cm³/mol. The number of carbonyl (C=O) groups is 1. The summed E-state index contributed by atoms with van der Waals surface area (Å²) in [5, 5.41) is 12.5. The van der Waals surface area contributed by atoms with Crippen LogP contribution in [0.4, 0.5) is 0 Å². The first-order valence-corrected chi connectivity index (χ1v) is 3.38. The molecule has 0 radical (unpaired) electrons. The van der Waals surface area contributed by atoms with Crippen LogP contribution < -0.4 is 0 Å². The van der Waals surface area contributed by atoms with Gasteiger partial charge in [0, 0.05) is 0 Å². The summed E-state index contributed by atoms with van der Waals surface area (Å²) in [6.07, 6.45) is 0. The van der Waals surface area contributed by atoms with E-state index in [1.807, 2.05) is 6.07 Å². The summed E-state index contributed by atoms with van der Waals surface area (Å²) >= 11 is 0. The van der Waals surface area contributed by atoms with Crippen LogP contribution in [-0.2, 0) is 0 Å². The van der Waals surface area contributed by atoms with Crippen LogP contribution in [0, 0.1) is 18.3 Å². The average molecular weight is 163 g/mol. The van der Waals surface area contributed by atoms with Crippen LogP contribution in [-0.4, -0.2) is 11.1 Å². The highest BCUT2D eigenvalue weighted by molar-refractivity contribution is 5.92. The zero-order valence-electron chi connectivity index (χ0n) is 7.50.